The number of β-amino-alcohol motifs (C(OH)–C–C–N with tert-alkyl or cyclic N) is 1. The molecule has 3 aliphatic rings. The average Bonchev–Trinajstić information content (AvgIpc) is 3.77. The summed E-state index contributed by atoms with van der Waals surface area (Å²) in [5, 5.41) is 16.2. The van der Waals surface area contributed by atoms with Crippen molar-refractivity contribution >= 4 is 51.3 Å². The molecule has 0 saturated carbocycles. The van der Waals surface area contributed by atoms with Crippen LogP contribution in [0.5, 0.6) is 0 Å². The maximum atomic E-state index is 12.7. The summed E-state index contributed by atoms with van der Waals surface area (Å²) >= 11 is 7.46. The minimum Gasteiger partial charge on any atom is -0.395 e. The number of methoxy groups -OCH3 is 2. The fraction of sp³-hybridized carbons (Fsp3) is 0.533. The van der Waals surface area contributed by atoms with Crippen LogP contribution in [-0.4, -0.2) is 122 Å². The SMILES string of the molecule is CO[C@H]1CO[C@H]2[C@@H]1OC[C@H]2OC.Cc1nc(Nc2ncc(C(=O)Nc3c(C)cccc3Cl)s2)cc(N2CCN(CCO)CC2)n1. The number of para-hydroxylation sites is 1. The van der Waals surface area contributed by atoms with E-state index < -0.39 is 0 Å². The highest BCUT2D eigenvalue weighted by atomic mass is 35.5. The predicted octanol–water partition coefficient (Wildman–Crippen LogP) is 3.13. The summed E-state index contributed by atoms with van der Waals surface area (Å²) in [6.45, 7) is 9.26. The number of ether oxygens (including phenoxy) is 4. The van der Waals surface area contributed by atoms with Gasteiger partial charge in [-0.1, -0.05) is 35.1 Å². The number of aliphatic hydroxyl groups is 1. The molecule has 0 unspecified atom stereocenters. The molecule has 0 radical (unpaired) electrons. The van der Waals surface area contributed by atoms with Crippen LogP contribution in [0.15, 0.2) is 30.5 Å². The quantitative estimate of drug-likeness (QED) is 0.310. The van der Waals surface area contributed by atoms with E-state index >= 15 is 0 Å². The number of hydrogen-bond acceptors (Lipinski definition) is 13. The lowest BCUT2D eigenvalue weighted by Crippen LogP contribution is -2.47. The number of aromatic nitrogens is 3. The lowest BCUT2D eigenvalue weighted by molar-refractivity contribution is -0.0267. The van der Waals surface area contributed by atoms with Crippen molar-refractivity contribution in [3.8, 4) is 0 Å². The van der Waals surface area contributed by atoms with Gasteiger partial charge in [-0.2, -0.15) is 0 Å². The molecular formula is C30H40ClN7O6S. The topological polar surface area (TPSA) is 143 Å². The number of fused-ring (bicyclic) bond motifs is 1. The third-order valence-electron chi connectivity index (χ3n) is 7.93. The fourth-order valence-corrected chi connectivity index (χ4v) is 6.45. The van der Waals surface area contributed by atoms with E-state index in [1.807, 2.05) is 32.0 Å². The average molecular weight is 662 g/mol. The zero-order chi connectivity index (χ0) is 31.9. The maximum Gasteiger partial charge on any atom is 0.267 e. The molecule has 244 valence electrons. The van der Waals surface area contributed by atoms with Crippen LogP contribution in [0.1, 0.15) is 21.1 Å². The van der Waals surface area contributed by atoms with Crippen LogP contribution in [0.25, 0.3) is 0 Å². The molecule has 13 nitrogen and oxygen atoms in total. The third kappa shape index (κ3) is 8.26. The van der Waals surface area contributed by atoms with Gasteiger partial charge in [-0.3, -0.25) is 9.69 Å². The number of thiazole rings is 1. The monoisotopic (exact) mass is 661 g/mol. The Hall–Kier alpha value is -2.95. The van der Waals surface area contributed by atoms with Gasteiger partial charge in [-0.15, -0.1) is 0 Å². The summed E-state index contributed by atoms with van der Waals surface area (Å²) in [4.78, 5) is 31.0. The summed E-state index contributed by atoms with van der Waals surface area (Å²) in [6, 6.07) is 7.37. The highest BCUT2D eigenvalue weighted by molar-refractivity contribution is 7.17. The minimum atomic E-state index is -0.267. The van der Waals surface area contributed by atoms with Crippen molar-refractivity contribution in [2.24, 2.45) is 0 Å². The smallest absolute Gasteiger partial charge is 0.267 e. The number of hydrogen-bond donors (Lipinski definition) is 3. The Kier molecular flexibility index (Phi) is 11.6. The van der Waals surface area contributed by atoms with Gasteiger partial charge >= 0.3 is 0 Å². The third-order valence-corrected chi connectivity index (χ3v) is 9.16. The maximum absolute atomic E-state index is 12.7. The van der Waals surface area contributed by atoms with Gasteiger partial charge in [-0.05, 0) is 25.5 Å². The molecule has 1 amide bonds. The molecule has 3 saturated heterocycles. The second-order valence-corrected chi connectivity index (χ2v) is 12.3. The number of nitrogens with zero attached hydrogens (tertiary/aromatic N) is 5. The van der Waals surface area contributed by atoms with Crippen molar-refractivity contribution in [1.29, 1.82) is 0 Å². The second kappa shape index (κ2) is 15.6. The Labute approximate surface area is 271 Å². The molecule has 45 heavy (non-hydrogen) atoms. The molecular weight excluding hydrogens is 622 g/mol. The summed E-state index contributed by atoms with van der Waals surface area (Å²) in [7, 11) is 3.36. The molecule has 15 heteroatoms. The number of amides is 1. The van der Waals surface area contributed by atoms with E-state index in [9.17, 15) is 4.79 Å². The van der Waals surface area contributed by atoms with E-state index in [-0.39, 0.29) is 36.9 Å². The number of piperazine rings is 1. The van der Waals surface area contributed by atoms with Gasteiger partial charge in [0, 0.05) is 53.0 Å². The van der Waals surface area contributed by atoms with Crippen molar-refractivity contribution in [1.82, 2.24) is 19.9 Å². The number of aliphatic hydroxyl groups excluding tert-OH is 1. The lowest BCUT2D eigenvalue weighted by atomic mass is 10.1. The van der Waals surface area contributed by atoms with Gasteiger partial charge in [0.05, 0.1) is 36.7 Å². The number of nitrogens with one attached hydrogen (secondary N) is 2. The highest BCUT2D eigenvalue weighted by Gasteiger charge is 2.48. The molecule has 3 aromatic rings. The Balaban J connectivity index is 0.000000277. The predicted molar refractivity (Wildman–Crippen MR) is 173 cm³/mol. The first kappa shape index (κ1) is 33.4. The first-order valence-corrected chi connectivity index (χ1v) is 16.0. The van der Waals surface area contributed by atoms with Gasteiger partial charge in [0.15, 0.2) is 5.13 Å². The largest absolute Gasteiger partial charge is 0.395 e. The number of aryl methyl sites for hydroxylation is 2. The van der Waals surface area contributed by atoms with Crippen molar-refractivity contribution in [3.05, 3.63) is 51.7 Å². The van der Waals surface area contributed by atoms with Crippen LogP contribution in [0.4, 0.5) is 22.5 Å². The Bertz CT molecular complexity index is 1400. The summed E-state index contributed by atoms with van der Waals surface area (Å²) in [5.74, 6) is 1.85. The lowest BCUT2D eigenvalue weighted by Gasteiger charge is -2.35. The molecule has 6 rings (SSSR count). The number of anilines is 4. The number of halogens is 1. The van der Waals surface area contributed by atoms with Gasteiger partial charge in [0.2, 0.25) is 0 Å². The van der Waals surface area contributed by atoms with E-state index in [4.69, 9.17) is 35.7 Å². The fourth-order valence-electron chi connectivity index (χ4n) is 5.47. The molecule has 0 spiro atoms. The van der Waals surface area contributed by atoms with E-state index in [1.54, 1.807) is 20.3 Å². The first-order chi connectivity index (χ1) is 21.8. The van der Waals surface area contributed by atoms with E-state index in [0.717, 1.165) is 37.6 Å². The van der Waals surface area contributed by atoms with Crippen LogP contribution in [0.3, 0.4) is 0 Å². The number of rotatable bonds is 9. The van der Waals surface area contributed by atoms with Crippen LogP contribution in [0, 0.1) is 13.8 Å². The minimum absolute atomic E-state index is 0.0694. The van der Waals surface area contributed by atoms with Crippen LogP contribution in [-0.2, 0) is 18.9 Å². The van der Waals surface area contributed by atoms with Gasteiger partial charge in [0.1, 0.15) is 46.8 Å². The standard InChI is InChI=1S/C22H26ClN7O2S.C8H14O4/c1-14-4-3-5-16(23)20(14)28-21(32)17-13-24-22(33-17)27-18-12-19(26-15(2)25-18)30-8-6-29(7-9-30)10-11-31;1-9-5-3-11-8-6(10-2)4-12-7(5)8/h3-5,12-13,31H,6-11H2,1-2H3,(H,28,32)(H,24,25,26,27);5-8H,3-4H2,1-2H3/t;5-,6+,7-,8-/m.1/s1. The van der Waals surface area contributed by atoms with E-state index in [2.05, 4.69) is 35.4 Å². The number of benzene rings is 1. The van der Waals surface area contributed by atoms with Crippen molar-refractivity contribution < 1.29 is 28.8 Å². The molecule has 3 aliphatic heterocycles. The first-order valence-electron chi connectivity index (χ1n) is 14.8. The summed E-state index contributed by atoms with van der Waals surface area (Å²) in [6.07, 6.45) is 1.83. The van der Waals surface area contributed by atoms with Crippen molar-refractivity contribution in [2.45, 2.75) is 38.3 Å². The molecule has 2 aromatic heterocycles. The van der Waals surface area contributed by atoms with Crippen LogP contribution < -0.4 is 15.5 Å². The van der Waals surface area contributed by atoms with Gasteiger partial charge in [0.25, 0.3) is 5.91 Å². The molecule has 1 aromatic carbocycles. The van der Waals surface area contributed by atoms with Crippen molar-refractivity contribution in [3.63, 3.8) is 0 Å². The van der Waals surface area contributed by atoms with Crippen LogP contribution >= 0.6 is 22.9 Å². The number of carbonyl (C=O) groups is 1. The number of carbonyl (C=O) groups excluding carboxylic acids is 1. The molecule has 3 fully saturated rings. The normalized spacial score (nSPS) is 22.9. The van der Waals surface area contributed by atoms with Crippen molar-refractivity contribution in [2.75, 3.05) is 82.3 Å². The van der Waals surface area contributed by atoms with E-state index in [0.29, 0.717) is 52.1 Å². The molecule has 5 heterocycles. The summed E-state index contributed by atoms with van der Waals surface area (Å²) in [5.41, 5.74) is 1.49. The Morgan fingerprint density at radius 3 is 2.40 bits per heavy atom. The van der Waals surface area contributed by atoms with E-state index in [1.165, 1.54) is 17.5 Å². The molecule has 0 aliphatic carbocycles. The van der Waals surface area contributed by atoms with Gasteiger partial charge < -0.3 is 39.6 Å². The van der Waals surface area contributed by atoms with Gasteiger partial charge in [-0.25, -0.2) is 15.0 Å². The molecule has 0 bridgehead atoms. The Morgan fingerprint density at radius 1 is 1.09 bits per heavy atom. The summed E-state index contributed by atoms with van der Waals surface area (Å²) < 4.78 is 21.4. The zero-order valence-corrected chi connectivity index (χ0v) is 27.4. The second-order valence-electron chi connectivity index (χ2n) is 10.9. The Morgan fingerprint density at radius 2 is 1.78 bits per heavy atom. The molecule has 4 atom stereocenters. The molecule has 3 N–H and O–H groups in total. The zero-order valence-electron chi connectivity index (χ0n) is 25.9. The van der Waals surface area contributed by atoms with Crippen LogP contribution in [0.2, 0.25) is 5.02 Å². The highest BCUT2D eigenvalue weighted by Crippen LogP contribution is 2.30.